The van der Waals surface area contributed by atoms with Gasteiger partial charge >= 0.3 is 5.97 Å². The summed E-state index contributed by atoms with van der Waals surface area (Å²) in [5, 5.41) is 9.67. The Kier molecular flexibility index (Phi) is 3.88. The molecule has 2 aliphatic carbocycles. The van der Waals surface area contributed by atoms with E-state index in [-0.39, 0.29) is 5.41 Å². The van der Waals surface area contributed by atoms with Crippen molar-refractivity contribution in [3.05, 3.63) is 0 Å². The van der Waals surface area contributed by atoms with Gasteiger partial charge in [-0.05, 0) is 31.6 Å². The van der Waals surface area contributed by atoms with Crippen molar-refractivity contribution < 1.29 is 9.90 Å². The third kappa shape index (κ3) is 2.26. The summed E-state index contributed by atoms with van der Waals surface area (Å²) in [5.74, 6) is -0.0295. The maximum Gasteiger partial charge on any atom is 0.309 e. The van der Waals surface area contributed by atoms with Gasteiger partial charge in [-0.3, -0.25) is 4.79 Å². The SMILES string of the molecule is O=C(O)C1(C2CCCCC2)CCCCCC1. The van der Waals surface area contributed by atoms with E-state index in [0.717, 1.165) is 38.5 Å². The van der Waals surface area contributed by atoms with Crippen molar-refractivity contribution in [1.29, 1.82) is 0 Å². The standard InChI is InChI=1S/C14H24O2/c15-13(16)14(10-6-1-2-7-11-14)12-8-4-3-5-9-12/h12H,1-11H2,(H,15,16). The van der Waals surface area contributed by atoms with E-state index in [0.29, 0.717) is 5.92 Å². The molecule has 2 heteroatoms. The van der Waals surface area contributed by atoms with E-state index < -0.39 is 5.97 Å². The van der Waals surface area contributed by atoms with Gasteiger partial charge in [0.15, 0.2) is 0 Å². The predicted molar refractivity (Wildman–Crippen MR) is 64.3 cm³/mol. The number of hydrogen-bond donors (Lipinski definition) is 1. The molecule has 0 unspecified atom stereocenters. The summed E-state index contributed by atoms with van der Waals surface area (Å²) in [6.45, 7) is 0. The number of hydrogen-bond acceptors (Lipinski definition) is 1. The Morgan fingerprint density at radius 2 is 1.38 bits per heavy atom. The van der Waals surface area contributed by atoms with Crippen molar-refractivity contribution >= 4 is 5.97 Å². The zero-order chi connectivity index (χ0) is 11.4. The Balaban J connectivity index is 2.14. The van der Waals surface area contributed by atoms with Crippen LogP contribution in [-0.2, 0) is 4.79 Å². The molecule has 0 aliphatic heterocycles. The number of rotatable bonds is 2. The van der Waals surface area contributed by atoms with Crippen molar-refractivity contribution in [3.8, 4) is 0 Å². The van der Waals surface area contributed by atoms with Gasteiger partial charge in [0.1, 0.15) is 0 Å². The highest BCUT2D eigenvalue weighted by molar-refractivity contribution is 5.75. The summed E-state index contributed by atoms with van der Waals surface area (Å²) in [7, 11) is 0. The molecule has 0 spiro atoms. The second-order valence-corrected chi connectivity index (χ2v) is 5.71. The normalized spacial score (nSPS) is 27.2. The zero-order valence-corrected chi connectivity index (χ0v) is 10.2. The molecule has 0 heterocycles. The maximum atomic E-state index is 11.7. The van der Waals surface area contributed by atoms with Crippen molar-refractivity contribution in [1.82, 2.24) is 0 Å². The lowest BCUT2D eigenvalue weighted by Gasteiger charge is -2.39. The minimum Gasteiger partial charge on any atom is -0.481 e. The molecule has 1 N–H and O–H groups in total. The predicted octanol–water partition coefficient (Wildman–Crippen LogP) is 3.99. The first kappa shape index (κ1) is 11.9. The Bertz CT molecular complexity index is 233. The third-order valence-electron chi connectivity index (χ3n) is 4.81. The molecule has 2 nitrogen and oxygen atoms in total. The van der Waals surface area contributed by atoms with Crippen molar-refractivity contribution in [2.24, 2.45) is 11.3 Å². The second kappa shape index (κ2) is 5.20. The van der Waals surface area contributed by atoms with Crippen molar-refractivity contribution in [2.75, 3.05) is 0 Å². The van der Waals surface area contributed by atoms with E-state index in [4.69, 9.17) is 0 Å². The van der Waals surface area contributed by atoms with Crippen LogP contribution in [0.2, 0.25) is 0 Å². The number of aliphatic carboxylic acids is 1. The van der Waals surface area contributed by atoms with Crippen LogP contribution in [0.1, 0.15) is 70.6 Å². The molecule has 2 rings (SSSR count). The number of carboxylic acids is 1. The molecule has 2 aliphatic rings. The first-order valence-corrected chi connectivity index (χ1v) is 6.99. The minimum atomic E-state index is -0.499. The summed E-state index contributed by atoms with van der Waals surface area (Å²) < 4.78 is 0. The van der Waals surface area contributed by atoms with Gasteiger partial charge < -0.3 is 5.11 Å². The molecule has 16 heavy (non-hydrogen) atoms. The van der Waals surface area contributed by atoms with Crippen LogP contribution in [0, 0.1) is 11.3 Å². The maximum absolute atomic E-state index is 11.7. The van der Waals surface area contributed by atoms with E-state index in [9.17, 15) is 9.90 Å². The molecule has 92 valence electrons. The monoisotopic (exact) mass is 224 g/mol. The van der Waals surface area contributed by atoms with E-state index in [1.165, 1.54) is 32.1 Å². The van der Waals surface area contributed by atoms with Crippen LogP contribution in [0.5, 0.6) is 0 Å². The number of carboxylic acid groups (broad SMARTS) is 1. The van der Waals surface area contributed by atoms with Crippen LogP contribution in [0.15, 0.2) is 0 Å². The topological polar surface area (TPSA) is 37.3 Å². The van der Waals surface area contributed by atoms with Gasteiger partial charge in [0.25, 0.3) is 0 Å². The van der Waals surface area contributed by atoms with E-state index in [1.54, 1.807) is 0 Å². The molecule has 2 fully saturated rings. The molecule has 2 saturated carbocycles. The summed E-state index contributed by atoms with van der Waals surface area (Å²) in [6.07, 6.45) is 12.7. The second-order valence-electron chi connectivity index (χ2n) is 5.71. The lowest BCUT2D eigenvalue weighted by atomic mass is 9.65. The fraction of sp³-hybridized carbons (Fsp3) is 0.929. The van der Waals surface area contributed by atoms with E-state index >= 15 is 0 Å². The molecule has 0 radical (unpaired) electrons. The molecule has 0 saturated heterocycles. The molecular weight excluding hydrogens is 200 g/mol. The minimum absolute atomic E-state index is 0.350. The van der Waals surface area contributed by atoms with Crippen LogP contribution < -0.4 is 0 Å². The summed E-state index contributed by atoms with van der Waals surface area (Å²) in [4.78, 5) is 11.7. The Labute approximate surface area is 98.4 Å². The van der Waals surface area contributed by atoms with Crippen LogP contribution >= 0.6 is 0 Å². The molecule has 0 amide bonds. The fourth-order valence-corrected chi connectivity index (χ4v) is 3.81. The van der Waals surface area contributed by atoms with Crippen LogP contribution in [-0.4, -0.2) is 11.1 Å². The van der Waals surface area contributed by atoms with Gasteiger partial charge in [-0.15, -0.1) is 0 Å². The quantitative estimate of drug-likeness (QED) is 0.720. The van der Waals surface area contributed by atoms with Gasteiger partial charge in [0.05, 0.1) is 5.41 Å². The van der Waals surface area contributed by atoms with Gasteiger partial charge in [-0.25, -0.2) is 0 Å². The van der Waals surface area contributed by atoms with E-state index in [1.807, 2.05) is 0 Å². The molecular formula is C14H24O2. The zero-order valence-electron chi connectivity index (χ0n) is 10.2. The van der Waals surface area contributed by atoms with Gasteiger partial charge in [-0.2, -0.15) is 0 Å². The Hall–Kier alpha value is -0.530. The van der Waals surface area contributed by atoms with Crippen LogP contribution in [0.4, 0.5) is 0 Å². The van der Waals surface area contributed by atoms with Crippen LogP contribution in [0.3, 0.4) is 0 Å². The lowest BCUT2D eigenvalue weighted by molar-refractivity contribution is -0.155. The average Bonchev–Trinajstić information content (AvgIpc) is 2.56. The summed E-state index contributed by atoms with van der Waals surface area (Å²) in [5.41, 5.74) is -0.350. The highest BCUT2D eigenvalue weighted by atomic mass is 16.4. The first-order valence-electron chi connectivity index (χ1n) is 6.99. The Morgan fingerprint density at radius 3 is 1.88 bits per heavy atom. The first-order chi connectivity index (χ1) is 7.76. The molecule has 0 aromatic rings. The molecule has 0 aromatic heterocycles. The van der Waals surface area contributed by atoms with Gasteiger partial charge in [-0.1, -0.05) is 44.9 Å². The lowest BCUT2D eigenvalue weighted by Crippen LogP contribution is -2.39. The van der Waals surface area contributed by atoms with Crippen molar-refractivity contribution in [2.45, 2.75) is 70.6 Å². The number of carbonyl (C=O) groups is 1. The van der Waals surface area contributed by atoms with Crippen molar-refractivity contribution in [3.63, 3.8) is 0 Å². The van der Waals surface area contributed by atoms with Crippen LogP contribution in [0.25, 0.3) is 0 Å². The molecule has 0 bridgehead atoms. The van der Waals surface area contributed by atoms with E-state index in [2.05, 4.69) is 0 Å². The summed E-state index contributed by atoms with van der Waals surface area (Å²) >= 11 is 0. The highest BCUT2D eigenvalue weighted by Gasteiger charge is 2.45. The Morgan fingerprint density at radius 1 is 0.875 bits per heavy atom. The highest BCUT2D eigenvalue weighted by Crippen LogP contribution is 2.47. The van der Waals surface area contributed by atoms with Gasteiger partial charge in [0.2, 0.25) is 0 Å². The smallest absolute Gasteiger partial charge is 0.309 e. The van der Waals surface area contributed by atoms with Gasteiger partial charge in [0, 0.05) is 0 Å². The average molecular weight is 224 g/mol. The third-order valence-corrected chi connectivity index (χ3v) is 4.81. The summed E-state index contributed by atoms with van der Waals surface area (Å²) in [6, 6.07) is 0. The fourth-order valence-electron chi connectivity index (χ4n) is 3.81. The largest absolute Gasteiger partial charge is 0.481 e. The molecule has 0 atom stereocenters. The molecule has 0 aromatic carbocycles.